The average Bonchev–Trinajstić information content (AvgIpc) is 2.81. The Morgan fingerprint density at radius 3 is 2.58 bits per heavy atom. The van der Waals surface area contributed by atoms with Gasteiger partial charge in [0.2, 0.25) is 6.41 Å². The molecule has 33 heavy (non-hydrogen) atoms. The van der Waals surface area contributed by atoms with E-state index in [4.69, 9.17) is 10.00 Å². The maximum atomic E-state index is 14.4. The van der Waals surface area contributed by atoms with Gasteiger partial charge in [-0.2, -0.15) is 5.26 Å². The van der Waals surface area contributed by atoms with Crippen LogP contribution in [0, 0.1) is 24.1 Å². The maximum Gasteiger partial charge on any atom is 0.294 e. The molecular weight excluding hydrogens is 421 g/mol. The molecule has 1 N–H and O–H groups in total. The fourth-order valence-electron chi connectivity index (χ4n) is 2.93. The Morgan fingerprint density at radius 1 is 1.27 bits per heavy atom. The molecule has 0 saturated carbocycles. The number of carbonyl (C=O) groups is 1. The van der Waals surface area contributed by atoms with Crippen LogP contribution in [0.15, 0.2) is 79.2 Å². The minimum Gasteiger partial charge on any atom is -0.434 e. The third kappa shape index (κ3) is 6.87. The normalized spacial score (nSPS) is 16.1. The van der Waals surface area contributed by atoms with Gasteiger partial charge >= 0.3 is 0 Å². The first-order chi connectivity index (χ1) is 15.9. The first-order valence-electron chi connectivity index (χ1n) is 10.1. The number of hydrogen-bond acceptors (Lipinski definition) is 6. The summed E-state index contributed by atoms with van der Waals surface area (Å²) in [6.07, 6.45) is 8.71. The third-order valence-corrected chi connectivity index (χ3v) is 4.64. The first-order valence-corrected chi connectivity index (χ1v) is 10.1. The van der Waals surface area contributed by atoms with Crippen LogP contribution < -0.4 is 5.32 Å². The van der Waals surface area contributed by atoms with Crippen molar-refractivity contribution in [2.45, 2.75) is 19.4 Å². The van der Waals surface area contributed by atoms with Crippen molar-refractivity contribution in [2.24, 2.45) is 4.99 Å². The van der Waals surface area contributed by atoms with Crippen LogP contribution in [-0.2, 0) is 15.1 Å². The Hall–Kier alpha value is -4.25. The fourth-order valence-corrected chi connectivity index (χ4v) is 2.93. The second-order valence-corrected chi connectivity index (χ2v) is 7.20. The zero-order valence-electron chi connectivity index (χ0n) is 18.7. The number of hydrogen-bond donors (Lipinski definition) is 1. The topological polar surface area (TPSA) is 90.6 Å². The van der Waals surface area contributed by atoms with Gasteiger partial charge in [-0.15, -0.1) is 13.2 Å². The van der Waals surface area contributed by atoms with Crippen LogP contribution >= 0.6 is 0 Å². The van der Waals surface area contributed by atoms with Gasteiger partial charge in [0.25, 0.3) is 6.02 Å². The molecular formula is C25H26FN5O2. The molecule has 2 heterocycles. The van der Waals surface area contributed by atoms with Gasteiger partial charge < -0.3 is 15.0 Å². The highest BCUT2D eigenvalue weighted by Gasteiger charge is 2.31. The van der Waals surface area contributed by atoms with Gasteiger partial charge in [0.1, 0.15) is 17.4 Å². The Balaban J connectivity index is 0.000000357. The van der Waals surface area contributed by atoms with Gasteiger partial charge in [0.05, 0.1) is 11.8 Å². The molecule has 1 aromatic carbocycles. The summed E-state index contributed by atoms with van der Waals surface area (Å²) in [6, 6.07) is 10.3. The third-order valence-electron chi connectivity index (χ3n) is 4.64. The number of aryl methyl sites for hydroxylation is 1. The number of nitriles is 1. The molecule has 1 aliphatic rings. The molecule has 1 amide bonds. The summed E-state index contributed by atoms with van der Waals surface area (Å²) in [6.45, 7) is 12.1. The van der Waals surface area contributed by atoms with Crippen molar-refractivity contribution in [2.75, 3.05) is 18.4 Å². The van der Waals surface area contributed by atoms with E-state index >= 15 is 0 Å². The standard InChI is InChI=1S/C18H20FN3O2.C7H6N2/c1-4-9-22(10-5-2)17-21-18(3,8-11-24-17)15-12-14(20-13-23)6-7-16(15)19;1-6-2-3-7(4-8)5-9-6/h4-8,11-13H,1-2,9-10H2,3H3,(H,20,23);2-3,5H,1H3/t18-;/m0./s1. The Bertz CT molecular complexity index is 1080. The number of aromatic nitrogens is 1. The summed E-state index contributed by atoms with van der Waals surface area (Å²) < 4.78 is 19.8. The molecule has 2 aromatic rings. The van der Waals surface area contributed by atoms with E-state index in [1.165, 1.54) is 18.4 Å². The highest BCUT2D eigenvalue weighted by molar-refractivity contribution is 5.77. The Labute approximate surface area is 193 Å². The zero-order chi connectivity index (χ0) is 24.3. The minimum absolute atomic E-state index is 0.337. The second-order valence-electron chi connectivity index (χ2n) is 7.20. The van der Waals surface area contributed by atoms with Gasteiger partial charge in [-0.1, -0.05) is 12.2 Å². The predicted octanol–water partition coefficient (Wildman–Crippen LogP) is 4.44. The lowest BCUT2D eigenvalue weighted by molar-refractivity contribution is -0.105. The summed E-state index contributed by atoms with van der Waals surface area (Å²) >= 11 is 0. The van der Waals surface area contributed by atoms with Crippen molar-refractivity contribution in [3.05, 3.63) is 96.8 Å². The number of amides is 1. The van der Waals surface area contributed by atoms with E-state index in [1.807, 2.05) is 24.0 Å². The summed E-state index contributed by atoms with van der Waals surface area (Å²) in [5.74, 6) is -0.414. The van der Waals surface area contributed by atoms with Crippen molar-refractivity contribution in [1.82, 2.24) is 9.88 Å². The molecule has 1 aromatic heterocycles. The quantitative estimate of drug-likeness (QED) is 0.500. The molecule has 0 bridgehead atoms. The maximum absolute atomic E-state index is 14.4. The lowest BCUT2D eigenvalue weighted by Crippen LogP contribution is -2.37. The number of pyridine rings is 1. The van der Waals surface area contributed by atoms with Gasteiger partial charge in [0, 0.05) is 36.2 Å². The van der Waals surface area contributed by atoms with Gasteiger partial charge in [-0.05, 0) is 50.3 Å². The number of ether oxygens (including phenoxy) is 1. The van der Waals surface area contributed by atoms with Crippen molar-refractivity contribution in [3.63, 3.8) is 0 Å². The van der Waals surface area contributed by atoms with E-state index in [0.29, 0.717) is 42.3 Å². The number of halogens is 1. The number of nitrogens with one attached hydrogen (secondary N) is 1. The fraction of sp³-hybridized carbons (Fsp3) is 0.200. The first kappa shape index (κ1) is 25.0. The number of anilines is 1. The number of amidine groups is 1. The van der Waals surface area contributed by atoms with E-state index in [1.54, 1.807) is 43.5 Å². The Morgan fingerprint density at radius 2 is 2.00 bits per heavy atom. The summed E-state index contributed by atoms with van der Waals surface area (Å²) in [5, 5.41) is 10.9. The number of aliphatic imine (C=N–C) groups is 1. The highest BCUT2D eigenvalue weighted by atomic mass is 19.1. The minimum atomic E-state index is -0.959. The van der Waals surface area contributed by atoms with Crippen molar-refractivity contribution >= 4 is 18.1 Å². The molecule has 0 saturated heterocycles. The largest absolute Gasteiger partial charge is 0.434 e. The van der Waals surface area contributed by atoms with Gasteiger partial charge in [0.15, 0.2) is 0 Å². The summed E-state index contributed by atoms with van der Waals surface area (Å²) in [5.41, 5.74) is 1.42. The van der Waals surface area contributed by atoms with E-state index in [2.05, 4.69) is 28.5 Å². The smallest absolute Gasteiger partial charge is 0.294 e. The van der Waals surface area contributed by atoms with Crippen LogP contribution in [0.2, 0.25) is 0 Å². The number of nitrogens with zero attached hydrogens (tertiary/aromatic N) is 4. The van der Waals surface area contributed by atoms with Crippen LogP contribution in [0.1, 0.15) is 23.7 Å². The summed E-state index contributed by atoms with van der Waals surface area (Å²) in [4.78, 5) is 20.9. The molecule has 0 radical (unpaired) electrons. The SMILES string of the molecule is C=CCN(CC=C)C1=N[C@](C)(c2cc(NC=O)ccc2F)C=CO1.Cc1ccc(C#N)cn1. The molecule has 1 atom stereocenters. The lowest BCUT2D eigenvalue weighted by atomic mass is 9.91. The molecule has 7 nitrogen and oxygen atoms in total. The zero-order valence-corrected chi connectivity index (χ0v) is 18.7. The number of rotatable bonds is 7. The molecule has 0 spiro atoms. The highest BCUT2D eigenvalue weighted by Crippen LogP contribution is 2.33. The van der Waals surface area contributed by atoms with Crippen molar-refractivity contribution in [3.8, 4) is 6.07 Å². The number of carbonyl (C=O) groups excluding carboxylic acids is 1. The average molecular weight is 448 g/mol. The number of benzene rings is 1. The van der Waals surface area contributed by atoms with Crippen LogP contribution in [-0.4, -0.2) is 35.4 Å². The molecule has 8 heteroatoms. The van der Waals surface area contributed by atoms with Crippen LogP contribution in [0.3, 0.4) is 0 Å². The molecule has 0 unspecified atom stereocenters. The van der Waals surface area contributed by atoms with Crippen molar-refractivity contribution in [1.29, 1.82) is 5.26 Å². The molecule has 170 valence electrons. The van der Waals surface area contributed by atoms with E-state index in [9.17, 15) is 9.18 Å². The summed E-state index contributed by atoms with van der Waals surface area (Å²) in [7, 11) is 0. The molecule has 0 aliphatic carbocycles. The van der Waals surface area contributed by atoms with E-state index in [-0.39, 0.29) is 0 Å². The lowest BCUT2D eigenvalue weighted by Gasteiger charge is -2.31. The van der Waals surface area contributed by atoms with Crippen molar-refractivity contribution < 1.29 is 13.9 Å². The second kappa shape index (κ2) is 12.0. The van der Waals surface area contributed by atoms with Crippen LogP contribution in [0.5, 0.6) is 0 Å². The van der Waals surface area contributed by atoms with E-state index in [0.717, 1.165) is 5.69 Å². The molecule has 1 aliphatic heterocycles. The van der Waals surface area contributed by atoms with Gasteiger partial charge in [-0.3, -0.25) is 9.78 Å². The van der Waals surface area contributed by atoms with Gasteiger partial charge in [-0.25, -0.2) is 9.38 Å². The van der Waals surface area contributed by atoms with Crippen LogP contribution in [0.4, 0.5) is 10.1 Å². The van der Waals surface area contributed by atoms with E-state index < -0.39 is 11.4 Å². The predicted molar refractivity (Wildman–Crippen MR) is 127 cm³/mol. The molecule has 0 fully saturated rings. The van der Waals surface area contributed by atoms with Crippen LogP contribution in [0.25, 0.3) is 0 Å². The monoisotopic (exact) mass is 447 g/mol. The Kier molecular flexibility index (Phi) is 9.06. The molecule has 3 rings (SSSR count).